The van der Waals surface area contributed by atoms with Crippen LogP contribution in [0.2, 0.25) is 0 Å². The highest BCUT2D eigenvalue weighted by molar-refractivity contribution is 6.06. The number of carbonyl (C=O) groups is 2. The number of carbonyl (C=O) groups excluding carboxylic acids is 2. The van der Waals surface area contributed by atoms with Gasteiger partial charge in [-0.25, -0.2) is 4.39 Å². The molecule has 2 aliphatic carbocycles. The molecule has 3 aliphatic rings. The molecular weight excluding hydrogens is 421 g/mol. The van der Waals surface area contributed by atoms with Crippen LogP contribution >= 0.6 is 0 Å². The van der Waals surface area contributed by atoms with Crippen molar-refractivity contribution in [3.05, 3.63) is 81.9 Å². The number of hydrogen-bond acceptors (Lipinski definition) is 5. The summed E-state index contributed by atoms with van der Waals surface area (Å²) < 4.78 is 25.4. The molecule has 0 aromatic heterocycles. The van der Waals surface area contributed by atoms with Crippen LogP contribution in [-0.2, 0) is 16.2 Å². The summed E-state index contributed by atoms with van der Waals surface area (Å²) in [5.74, 6) is 0.430. The van der Waals surface area contributed by atoms with Gasteiger partial charge in [0.15, 0.2) is 23.1 Å². The first kappa shape index (κ1) is 21.4. The fourth-order valence-electron chi connectivity index (χ4n) is 5.07. The van der Waals surface area contributed by atoms with Gasteiger partial charge in [0.05, 0.1) is 7.11 Å². The molecule has 1 aliphatic heterocycles. The lowest BCUT2D eigenvalue weighted by molar-refractivity contribution is -0.116. The minimum Gasteiger partial charge on any atom is -0.493 e. The van der Waals surface area contributed by atoms with Crippen LogP contribution in [0.1, 0.15) is 55.6 Å². The molecule has 5 rings (SSSR count). The largest absolute Gasteiger partial charge is 0.493 e. The molecule has 0 bridgehead atoms. The van der Waals surface area contributed by atoms with Crippen molar-refractivity contribution in [3.63, 3.8) is 0 Å². The number of dihydropyridines is 1. The average molecular weight is 448 g/mol. The summed E-state index contributed by atoms with van der Waals surface area (Å²) in [6, 6.07) is 12.0. The van der Waals surface area contributed by atoms with Crippen molar-refractivity contribution in [1.29, 1.82) is 0 Å². The summed E-state index contributed by atoms with van der Waals surface area (Å²) in [5.41, 5.74) is 4.59. The third kappa shape index (κ3) is 3.94. The average Bonchev–Trinajstić information content (AvgIpc) is 2.82. The number of benzene rings is 2. The highest BCUT2D eigenvalue weighted by atomic mass is 19.1. The Labute approximate surface area is 192 Å². The van der Waals surface area contributed by atoms with Gasteiger partial charge in [-0.15, -0.1) is 0 Å². The molecule has 0 unspecified atom stereocenters. The van der Waals surface area contributed by atoms with E-state index in [-0.39, 0.29) is 24.0 Å². The second-order valence-corrected chi connectivity index (χ2v) is 8.69. The quantitative estimate of drug-likeness (QED) is 0.690. The Morgan fingerprint density at radius 1 is 0.909 bits per heavy atom. The third-order valence-corrected chi connectivity index (χ3v) is 6.65. The Morgan fingerprint density at radius 3 is 2.21 bits per heavy atom. The smallest absolute Gasteiger partial charge is 0.161 e. The molecule has 170 valence electrons. The Kier molecular flexibility index (Phi) is 5.75. The monoisotopic (exact) mass is 447 g/mol. The molecule has 0 radical (unpaired) electrons. The number of ether oxygens (including phenoxy) is 2. The van der Waals surface area contributed by atoms with E-state index < -0.39 is 5.92 Å². The zero-order chi connectivity index (χ0) is 22.9. The molecule has 33 heavy (non-hydrogen) atoms. The first-order chi connectivity index (χ1) is 16.1. The minimum atomic E-state index is -0.397. The standard InChI is InChI=1S/C27H26FNO4/c1-32-24-14-16(12-13-23(24)33-15-17-6-2-3-7-18(17)28)25-26-19(8-4-10-21(26)30)29-20-9-5-11-22(31)27(20)25/h2-3,6-7,12-14,25,29H,4-5,8-11,15H2,1H3. The second-order valence-electron chi connectivity index (χ2n) is 8.69. The van der Waals surface area contributed by atoms with Crippen molar-refractivity contribution >= 4 is 11.6 Å². The minimum absolute atomic E-state index is 0.0668. The van der Waals surface area contributed by atoms with Crippen LogP contribution in [0, 0.1) is 5.82 Å². The molecule has 0 fully saturated rings. The number of ketones is 2. The summed E-state index contributed by atoms with van der Waals surface area (Å²) in [7, 11) is 1.55. The summed E-state index contributed by atoms with van der Waals surface area (Å²) in [5, 5.41) is 3.43. The summed E-state index contributed by atoms with van der Waals surface area (Å²) in [6.45, 7) is 0.0668. The van der Waals surface area contributed by atoms with E-state index in [4.69, 9.17) is 9.47 Å². The van der Waals surface area contributed by atoms with Crippen molar-refractivity contribution in [1.82, 2.24) is 5.32 Å². The molecule has 6 heteroatoms. The lowest BCUT2D eigenvalue weighted by atomic mass is 9.71. The van der Waals surface area contributed by atoms with Gasteiger partial charge in [-0.05, 0) is 49.4 Å². The molecule has 0 amide bonds. The molecule has 2 aromatic carbocycles. The summed E-state index contributed by atoms with van der Waals surface area (Å²) in [4.78, 5) is 26.0. The maximum atomic E-state index is 14.0. The molecule has 1 N–H and O–H groups in total. The highest BCUT2D eigenvalue weighted by Crippen LogP contribution is 2.46. The number of Topliss-reactive ketones (excluding diaryl/α,β-unsaturated/α-hetero) is 2. The number of halogens is 1. The van der Waals surface area contributed by atoms with E-state index in [0.717, 1.165) is 42.6 Å². The Morgan fingerprint density at radius 2 is 1.58 bits per heavy atom. The summed E-state index contributed by atoms with van der Waals surface area (Å²) >= 11 is 0. The van der Waals surface area contributed by atoms with Crippen LogP contribution in [-0.4, -0.2) is 18.7 Å². The lowest BCUT2D eigenvalue weighted by Crippen LogP contribution is -2.36. The van der Waals surface area contributed by atoms with Gasteiger partial charge in [0, 0.05) is 46.9 Å². The van der Waals surface area contributed by atoms with Crippen molar-refractivity contribution in [2.24, 2.45) is 0 Å². The van der Waals surface area contributed by atoms with Crippen LogP contribution in [0.4, 0.5) is 4.39 Å². The van der Waals surface area contributed by atoms with Crippen molar-refractivity contribution < 1.29 is 23.5 Å². The molecule has 0 saturated carbocycles. The maximum absolute atomic E-state index is 14.0. The van der Waals surface area contributed by atoms with E-state index in [1.165, 1.54) is 6.07 Å². The van der Waals surface area contributed by atoms with E-state index in [9.17, 15) is 14.0 Å². The van der Waals surface area contributed by atoms with Crippen molar-refractivity contribution in [2.45, 2.75) is 51.0 Å². The number of nitrogens with one attached hydrogen (secondary N) is 1. The molecule has 0 atom stereocenters. The van der Waals surface area contributed by atoms with E-state index in [1.54, 1.807) is 31.4 Å². The van der Waals surface area contributed by atoms with E-state index in [1.807, 2.05) is 12.1 Å². The first-order valence-corrected chi connectivity index (χ1v) is 11.4. The molecule has 1 heterocycles. The SMILES string of the molecule is COc1cc(C2C3=C(CCCC3=O)NC3=C2C(=O)CCC3)ccc1OCc1ccccc1F. The first-order valence-electron chi connectivity index (χ1n) is 11.4. The van der Waals surface area contributed by atoms with Crippen LogP contribution in [0.5, 0.6) is 11.5 Å². The van der Waals surface area contributed by atoms with Gasteiger partial charge in [-0.1, -0.05) is 24.3 Å². The van der Waals surface area contributed by atoms with Crippen molar-refractivity contribution in [2.75, 3.05) is 7.11 Å². The molecule has 2 aromatic rings. The van der Waals surface area contributed by atoms with Gasteiger partial charge in [0.2, 0.25) is 0 Å². The highest BCUT2D eigenvalue weighted by Gasteiger charge is 2.40. The van der Waals surface area contributed by atoms with E-state index in [2.05, 4.69) is 5.32 Å². The summed E-state index contributed by atoms with van der Waals surface area (Å²) in [6.07, 6.45) is 4.25. The topological polar surface area (TPSA) is 64.6 Å². The Balaban J connectivity index is 1.52. The normalized spacial score (nSPS) is 18.6. The van der Waals surface area contributed by atoms with Crippen LogP contribution in [0.15, 0.2) is 65.0 Å². The molecule has 0 spiro atoms. The second kappa shape index (κ2) is 8.85. The van der Waals surface area contributed by atoms with Gasteiger partial charge >= 0.3 is 0 Å². The zero-order valence-electron chi connectivity index (χ0n) is 18.6. The zero-order valence-corrected chi connectivity index (χ0v) is 18.6. The van der Waals surface area contributed by atoms with Gasteiger partial charge in [-0.2, -0.15) is 0 Å². The molecule has 5 nitrogen and oxygen atoms in total. The van der Waals surface area contributed by atoms with E-state index in [0.29, 0.717) is 41.1 Å². The van der Waals surface area contributed by atoms with Crippen LogP contribution in [0.25, 0.3) is 0 Å². The molecule has 0 saturated heterocycles. The van der Waals surface area contributed by atoms with Crippen LogP contribution < -0.4 is 14.8 Å². The molecular formula is C27H26FNO4. The number of methoxy groups -OCH3 is 1. The van der Waals surface area contributed by atoms with Gasteiger partial charge < -0.3 is 14.8 Å². The van der Waals surface area contributed by atoms with Gasteiger partial charge in [0.25, 0.3) is 0 Å². The van der Waals surface area contributed by atoms with E-state index >= 15 is 0 Å². The van der Waals surface area contributed by atoms with Gasteiger partial charge in [-0.3, -0.25) is 9.59 Å². The lowest BCUT2D eigenvalue weighted by Gasteiger charge is -2.37. The Hall–Kier alpha value is -3.41. The van der Waals surface area contributed by atoms with Crippen LogP contribution in [0.3, 0.4) is 0 Å². The van der Waals surface area contributed by atoms with Gasteiger partial charge in [0.1, 0.15) is 12.4 Å². The maximum Gasteiger partial charge on any atom is 0.161 e. The third-order valence-electron chi connectivity index (χ3n) is 6.65. The Bertz CT molecular complexity index is 1150. The number of hydrogen-bond donors (Lipinski definition) is 1. The number of rotatable bonds is 5. The fourth-order valence-corrected chi connectivity index (χ4v) is 5.07. The predicted octanol–water partition coefficient (Wildman–Crippen LogP) is 5.11. The fraction of sp³-hybridized carbons (Fsp3) is 0.333. The number of allylic oxidation sites excluding steroid dienone is 4. The van der Waals surface area contributed by atoms with Crippen molar-refractivity contribution in [3.8, 4) is 11.5 Å². The predicted molar refractivity (Wildman–Crippen MR) is 121 cm³/mol.